The molecule has 0 atom stereocenters. The smallest absolute Gasteiger partial charge is 0.322 e. The highest BCUT2D eigenvalue weighted by atomic mass is 32.1. The first-order chi connectivity index (χ1) is 11.1. The molecule has 1 N–H and O–H groups in total. The first-order valence-corrected chi connectivity index (χ1v) is 9.39. The molecular weight excluding hydrogens is 310 g/mol. The van der Waals surface area contributed by atoms with Gasteiger partial charge in [-0.1, -0.05) is 6.92 Å². The first-order valence-electron chi connectivity index (χ1n) is 8.51. The van der Waals surface area contributed by atoms with Crippen molar-refractivity contribution < 1.29 is 9.59 Å². The molecule has 1 aromatic rings. The average Bonchev–Trinajstić information content (AvgIpc) is 3.08. The molecule has 0 bridgehead atoms. The summed E-state index contributed by atoms with van der Waals surface area (Å²) in [6.45, 7) is 5.39. The summed E-state index contributed by atoms with van der Waals surface area (Å²) in [6, 6.07) is 3.77. The summed E-state index contributed by atoms with van der Waals surface area (Å²) in [5.41, 5.74) is 0. The van der Waals surface area contributed by atoms with E-state index in [1.54, 1.807) is 0 Å². The van der Waals surface area contributed by atoms with Gasteiger partial charge in [0.25, 0.3) is 0 Å². The molecule has 3 heterocycles. The van der Waals surface area contributed by atoms with Gasteiger partial charge < -0.3 is 9.80 Å². The standard InChI is InChI=1S/C17H25N3O2S/c1-13-4-8-19(9-5-13)16(21)14-6-10-20(11-7-14)17(22)18-15-3-2-12-23-15/h2-3,12-14H,4-11H2,1H3,(H,18,22). The number of likely N-dealkylation sites (tertiary alicyclic amines) is 2. The maximum absolute atomic E-state index is 12.6. The summed E-state index contributed by atoms with van der Waals surface area (Å²) in [4.78, 5) is 28.7. The van der Waals surface area contributed by atoms with Gasteiger partial charge >= 0.3 is 6.03 Å². The number of hydrogen-bond donors (Lipinski definition) is 1. The van der Waals surface area contributed by atoms with Gasteiger partial charge in [-0.3, -0.25) is 10.1 Å². The molecule has 0 radical (unpaired) electrons. The number of nitrogens with one attached hydrogen (secondary N) is 1. The van der Waals surface area contributed by atoms with Crippen molar-refractivity contribution in [1.29, 1.82) is 0 Å². The van der Waals surface area contributed by atoms with Gasteiger partial charge in [0.1, 0.15) is 0 Å². The summed E-state index contributed by atoms with van der Waals surface area (Å²) in [7, 11) is 0. The van der Waals surface area contributed by atoms with Crippen LogP contribution in [0.3, 0.4) is 0 Å². The highest BCUT2D eigenvalue weighted by molar-refractivity contribution is 7.14. The minimum atomic E-state index is -0.0508. The second-order valence-electron chi connectivity index (χ2n) is 6.68. The van der Waals surface area contributed by atoms with E-state index in [1.165, 1.54) is 11.3 Å². The molecule has 0 spiro atoms. The van der Waals surface area contributed by atoms with Crippen LogP contribution in [0.4, 0.5) is 9.80 Å². The Labute approximate surface area is 141 Å². The van der Waals surface area contributed by atoms with Crippen molar-refractivity contribution in [2.45, 2.75) is 32.6 Å². The van der Waals surface area contributed by atoms with Crippen LogP contribution in [0.1, 0.15) is 32.6 Å². The molecule has 3 amide bonds. The zero-order chi connectivity index (χ0) is 16.2. The minimum Gasteiger partial charge on any atom is -0.342 e. The van der Waals surface area contributed by atoms with Crippen LogP contribution in [0.25, 0.3) is 0 Å². The fourth-order valence-electron chi connectivity index (χ4n) is 3.35. The van der Waals surface area contributed by atoms with E-state index < -0.39 is 0 Å². The number of thiophene rings is 1. The van der Waals surface area contributed by atoms with E-state index in [9.17, 15) is 9.59 Å². The fourth-order valence-corrected chi connectivity index (χ4v) is 3.96. The summed E-state index contributed by atoms with van der Waals surface area (Å²) in [6.07, 6.45) is 3.80. The quantitative estimate of drug-likeness (QED) is 0.902. The van der Waals surface area contributed by atoms with Crippen molar-refractivity contribution in [2.75, 3.05) is 31.5 Å². The second kappa shape index (κ2) is 7.34. The maximum Gasteiger partial charge on any atom is 0.322 e. The van der Waals surface area contributed by atoms with Gasteiger partial charge in [0.15, 0.2) is 0 Å². The zero-order valence-electron chi connectivity index (χ0n) is 13.7. The van der Waals surface area contributed by atoms with Crippen LogP contribution >= 0.6 is 11.3 Å². The SMILES string of the molecule is CC1CCN(C(=O)C2CCN(C(=O)Nc3cccs3)CC2)CC1. The fraction of sp³-hybridized carbons (Fsp3) is 0.647. The van der Waals surface area contributed by atoms with Crippen LogP contribution in [-0.2, 0) is 4.79 Å². The molecular formula is C17H25N3O2S. The highest BCUT2D eigenvalue weighted by Gasteiger charge is 2.31. The lowest BCUT2D eigenvalue weighted by Crippen LogP contribution is -2.47. The minimum absolute atomic E-state index is 0.0508. The number of nitrogens with zero attached hydrogens (tertiary/aromatic N) is 2. The molecule has 126 valence electrons. The lowest BCUT2D eigenvalue weighted by molar-refractivity contribution is -0.138. The van der Waals surface area contributed by atoms with Crippen molar-refractivity contribution in [3.63, 3.8) is 0 Å². The zero-order valence-corrected chi connectivity index (χ0v) is 14.5. The first kappa shape index (κ1) is 16.3. The molecule has 0 unspecified atom stereocenters. The number of piperidine rings is 2. The Balaban J connectivity index is 1.46. The van der Waals surface area contributed by atoms with Crippen LogP contribution in [0.2, 0.25) is 0 Å². The van der Waals surface area contributed by atoms with E-state index in [1.807, 2.05) is 27.3 Å². The highest BCUT2D eigenvalue weighted by Crippen LogP contribution is 2.24. The van der Waals surface area contributed by atoms with Crippen molar-refractivity contribution in [2.24, 2.45) is 11.8 Å². The van der Waals surface area contributed by atoms with Gasteiger partial charge in [0, 0.05) is 32.1 Å². The number of carbonyl (C=O) groups excluding carboxylic acids is 2. The van der Waals surface area contributed by atoms with Crippen molar-refractivity contribution in [1.82, 2.24) is 9.80 Å². The summed E-state index contributed by atoms with van der Waals surface area (Å²) < 4.78 is 0. The molecule has 2 fully saturated rings. The lowest BCUT2D eigenvalue weighted by Gasteiger charge is -2.36. The van der Waals surface area contributed by atoms with E-state index in [-0.39, 0.29) is 11.9 Å². The van der Waals surface area contributed by atoms with E-state index in [0.29, 0.717) is 19.0 Å². The Morgan fingerprint density at radius 3 is 2.35 bits per heavy atom. The second-order valence-corrected chi connectivity index (χ2v) is 7.62. The van der Waals surface area contributed by atoms with E-state index in [2.05, 4.69) is 12.2 Å². The molecule has 2 aliphatic rings. The van der Waals surface area contributed by atoms with Gasteiger partial charge in [-0.25, -0.2) is 4.79 Å². The summed E-state index contributed by atoms with van der Waals surface area (Å²) in [5.74, 6) is 1.13. The number of amides is 3. The van der Waals surface area contributed by atoms with Crippen LogP contribution in [0.5, 0.6) is 0 Å². The number of urea groups is 1. The number of anilines is 1. The third-order valence-corrected chi connectivity index (χ3v) is 5.76. The van der Waals surface area contributed by atoms with Crippen LogP contribution < -0.4 is 5.32 Å². The van der Waals surface area contributed by atoms with E-state index in [4.69, 9.17) is 0 Å². The van der Waals surface area contributed by atoms with Crippen molar-refractivity contribution in [3.05, 3.63) is 17.5 Å². The molecule has 6 heteroatoms. The molecule has 0 saturated carbocycles. The predicted octanol–water partition coefficient (Wildman–Crippen LogP) is 3.25. The van der Waals surface area contributed by atoms with Crippen LogP contribution in [0, 0.1) is 11.8 Å². The van der Waals surface area contributed by atoms with Crippen molar-refractivity contribution in [3.8, 4) is 0 Å². The number of carbonyl (C=O) groups is 2. The summed E-state index contributed by atoms with van der Waals surface area (Å²) >= 11 is 1.52. The van der Waals surface area contributed by atoms with Crippen LogP contribution in [-0.4, -0.2) is 47.9 Å². The van der Waals surface area contributed by atoms with E-state index in [0.717, 1.165) is 49.7 Å². The Morgan fingerprint density at radius 1 is 1.09 bits per heavy atom. The molecule has 2 saturated heterocycles. The molecule has 5 nitrogen and oxygen atoms in total. The topological polar surface area (TPSA) is 52.7 Å². The van der Waals surface area contributed by atoms with Gasteiger partial charge in [-0.2, -0.15) is 0 Å². The molecule has 3 rings (SSSR count). The Kier molecular flexibility index (Phi) is 5.20. The Morgan fingerprint density at radius 2 is 1.74 bits per heavy atom. The largest absolute Gasteiger partial charge is 0.342 e. The monoisotopic (exact) mass is 335 g/mol. The lowest BCUT2D eigenvalue weighted by atomic mass is 9.93. The average molecular weight is 335 g/mol. The van der Waals surface area contributed by atoms with Gasteiger partial charge in [-0.05, 0) is 49.1 Å². The molecule has 23 heavy (non-hydrogen) atoms. The van der Waals surface area contributed by atoms with Crippen LogP contribution in [0.15, 0.2) is 17.5 Å². The molecule has 0 aromatic carbocycles. The number of rotatable bonds is 2. The third kappa shape index (κ3) is 4.05. The number of hydrogen-bond acceptors (Lipinski definition) is 3. The molecule has 0 aliphatic carbocycles. The third-order valence-electron chi connectivity index (χ3n) is 4.98. The van der Waals surface area contributed by atoms with Gasteiger partial charge in [0.2, 0.25) is 5.91 Å². The van der Waals surface area contributed by atoms with Gasteiger partial charge in [-0.15, -0.1) is 11.3 Å². The molecule has 2 aliphatic heterocycles. The predicted molar refractivity (Wildman–Crippen MR) is 92.6 cm³/mol. The van der Waals surface area contributed by atoms with E-state index >= 15 is 0 Å². The normalized spacial score (nSPS) is 20.6. The summed E-state index contributed by atoms with van der Waals surface area (Å²) in [5, 5.41) is 5.73. The molecule has 1 aromatic heterocycles. The Hall–Kier alpha value is -1.56. The van der Waals surface area contributed by atoms with Crippen molar-refractivity contribution >= 4 is 28.3 Å². The van der Waals surface area contributed by atoms with Gasteiger partial charge in [0.05, 0.1) is 5.00 Å². The maximum atomic E-state index is 12.6. The Bertz CT molecular complexity index is 530.